The lowest BCUT2D eigenvalue weighted by atomic mass is 10.1. The van der Waals surface area contributed by atoms with Crippen LogP contribution in [0.2, 0.25) is 0 Å². The quantitative estimate of drug-likeness (QED) is 0.0819. The lowest BCUT2D eigenvalue weighted by molar-refractivity contribution is -0.137. The van der Waals surface area contributed by atoms with E-state index in [1.807, 2.05) is 0 Å². The van der Waals surface area contributed by atoms with E-state index in [0.29, 0.717) is 142 Å². The molecule has 0 aromatic heterocycles. The molecule has 262 valence electrons. The van der Waals surface area contributed by atoms with Gasteiger partial charge in [0.25, 0.3) is 0 Å². The van der Waals surface area contributed by atoms with E-state index in [1.54, 1.807) is 4.90 Å². The molecule has 45 heavy (non-hydrogen) atoms. The fraction of sp³-hybridized carbons (Fsp3) is 0.767. The van der Waals surface area contributed by atoms with Crippen molar-refractivity contribution >= 4 is 17.7 Å². The van der Waals surface area contributed by atoms with Crippen LogP contribution in [0, 0.1) is 0 Å². The highest BCUT2D eigenvalue weighted by atomic mass is 32.2. The van der Waals surface area contributed by atoms with Crippen molar-refractivity contribution in [1.82, 2.24) is 4.90 Å². The Bertz CT molecular complexity index is 820. The van der Waals surface area contributed by atoms with Gasteiger partial charge >= 0.3 is 6.18 Å². The number of rotatable bonds is 30. The average molecular weight is 672 g/mol. The van der Waals surface area contributed by atoms with Crippen molar-refractivity contribution < 1.29 is 51.5 Å². The van der Waals surface area contributed by atoms with E-state index in [1.165, 1.54) is 23.9 Å². The highest BCUT2D eigenvalue weighted by molar-refractivity contribution is 7.99. The van der Waals surface area contributed by atoms with Gasteiger partial charge < -0.3 is 49.9 Å². The molecule has 0 saturated carbocycles. The van der Waals surface area contributed by atoms with Crippen LogP contribution < -0.4 is 11.5 Å². The van der Waals surface area contributed by atoms with E-state index >= 15 is 0 Å². The standard InChI is InChI=1S/C30H52F3N3O8S/c31-30(32,33)26-5-7-28(8-6-26)45-25-27(37)3-1-2-4-29(38)36(11-15-41-19-23-43-21-17-39-13-9-34)12-16-42-20-24-44-22-18-40-14-10-35/h5-8,27,37H,1-4,9-25,34-35H2. The molecule has 0 heterocycles. The summed E-state index contributed by atoms with van der Waals surface area (Å²) < 4.78 is 70.8. The topological polar surface area (TPSA) is 148 Å². The number of thioether (sulfide) groups is 1. The van der Waals surface area contributed by atoms with E-state index in [4.69, 9.17) is 39.9 Å². The molecule has 0 saturated heterocycles. The van der Waals surface area contributed by atoms with E-state index in [2.05, 4.69) is 0 Å². The summed E-state index contributed by atoms with van der Waals surface area (Å²) in [7, 11) is 0. The summed E-state index contributed by atoms with van der Waals surface area (Å²) >= 11 is 1.30. The molecular weight excluding hydrogens is 619 g/mol. The number of nitrogens with zero attached hydrogens (tertiary/aromatic N) is 1. The number of hydrogen-bond acceptors (Lipinski definition) is 11. The molecular formula is C30H52F3N3O8S. The summed E-state index contributed by atoms with van der Waals surface area (Å²) in [5, 5.41) is 10.3. The summed E-state index contributed by atoms with van der Waals surface area (Å²) in [5.41, 5.74) is 10.0. The minimum absolute atomic E-state index is 0.0302. The molecule has 1 aromatic rings. The number of carbonyl (C=O) groups is 1. The predicted octanol–water partition coefficient (Wildman–Crippen LogP) is 2.56. The maximum atomic E-state index is 13.0. The van der Waals surface area contributed by atoms with Crippen LogP contribution in [0.1, 0.15) is 31.2 Å². The number of ether oxygens (including phenoxy) is 6. The largest absolute Gasteiger partial charge is 0.416 e. The second-order valence-electron chi connectivity index (χ2n) is 9.87. The first-order valence-corrected chi connectivity index (χ1v) is 16.4. The molecule has 0 fully saturated rings. The number of amides is 1. The Labute approximate surface area is 269 Å². The van der Waals surface area contributed by atoms with Gasteiger partial charge in [-0.15, -0.1) is 11.8 Å². The lowest BCUT2D eigenvalue weighted by Gasteiger charge is -2.23. The number of alkyl halides is 3. The van der Waals surface area contributed by atoms with Gasteiger partial charge in [-0.05, 0) is 37.1 Å². The molecule has 0 bridgehead atoms. The van der Waals surface area contributed by atoms with Crippen molar-refractivity contribution in [1.29, 1.82) is 0 Å². The number of aliphatic hydroxyl groups excluding tert-OH is 1. The molecule has 0 spiro atoms. The van der Waals surface area contributed by atoms with Gasteiger partial charge in [0, 0.05) is 43.2 Å². The van der Waals surface area contributed by atoms with Crippen LogP contribution in [0.15, 0.2) is 29.2 Å². The maximum Gasteiger partial charge on any atom is 0.416 e. The van der Waals surface area contributed by atoms with Crippen LogP contribution in [0.25, 0.3) is 0 Å². The monoisotopic (exact) mass is 671 g/mol. The van der Waals surface area contributed by atoms with Crippen LogP contribution in [0.5, 0.6) is 0 Å². The van der Waals surface area contributed by atoms with Gasteiger partial charge in [0.05, 0.1) is 91.0 Å². The third-order valence-electron chi connectivity index (χ3n) is 6.18. The van der Waals surface area contributed by atoms with Gasteiger partial charge in [-0.3, -0.25) is 4.79 Å². The van der Waals surface area contributed by atoms with Crippen LogP contribution >= 0.6 is 11.8 Å². The molecule has 5 N–H and O–H groups in total. The van der Waals surface area contributed by atoms with Gasteiger partial charge in [0.2, 0.25) is 5.91 Å². The van der Waals surface area contributed by atoms with Crippen molar-refractivity contribution in [3.05, 3.63) is 29.8 Å². The number of halogens is 3. The van der Waals surface area contributed by atoms with Gasteiger partial charge in [-0.1, -0.05) is 6.42 Å². The third-order valence-corrected chi connectivity index (χ3v) is 7.34. The third kappa shape index (κ3) is 23.4. The number of hydrogen-bond donors (Lipinski definition) is 3. The summed E-state index contributed by atoms with van der Waals surface area (Å²) in [6, 6.07) is 4.88. The second kappa shape index (κ2) is 27.6. The summed E-state index contributed by atoms with van der Waals surface area (Å²) in [4.78, 5) is 15.3. The van der Waals surface area contributed by atoms with E-state index in [-0.39, 0.29) is 5.91 Å². The highest BCUT2D eigenvalue weighted by Crippen LogP contribution is 2.31. The molecule has 1 aromatic carbocycles. The highest BCUT2D eigenvalue weighted by Gasteiger charge is 2.30. The number of unbranched alkanes of at least 4 members (excludes halogenated alkanes) is 1. The molecule has 1 amide bonds. The first kappa shape index (κ1) is 41.5. The second-order valence-corrected chi connectivity index (χ2v) is 11.0. The smallest absolute Gasteiger partial charge is 0.392 e. The average Bonchev–Trinajstić information content (AvgIpc) is 3.02. The molecule has 0 aliphatic heterocycles. The zero-order valence-electron chi connectivity index (χ0n) is 26.2. The first-order chi connectivity index (χ1) is 21.8. The van der Waals surface area contributed by atoms with Crippen LogP contribution in [-0.2, 0) is 39.4 Å². The minimum atomic E-state index is -4.37. The van der Waals surface area contributed by atoms with Crippen molar-refractivity contribution in [2.24, 2.45) is 11.5 Å². The number of nitrogens with two attached hydrogens (primary N) is 2. The molecule has 11 nitrogen and oxygen atoms in total. The van der Waals surface area contributed by atoms with Crippen molar-refractivity contribution in [2.75, 3.05) is 111 Å². The molecule has 0 aliphatic carbocycles. The summed E-state index contributed by atoms with van der Waals surface area (Å²) in [6.07, 6.45) is -2.97. The Morgan fingerprint density at radius 1 is 0.733 bits per heavy atom. The lowest BCUT2D eigenvalue weighted by Crippen LogP contribution is -2.37. The number of benzene rings is 1. The van der Waals surface area contributed by atoms with Gasteiger partial charge in [-0.2, -0.15) is 13.2 Å². The van der Waals surface area contributed by atoms with Crippen LogP contribution in [-0.4, -0.2) is 133 Å². The Balaban J connectivity index is 2.32. The van der Waals surface area contributed by atoms with Crippen LogP contribution in [0.3, 0.4) is 0 Å². The van der Waals surface area contributed by atoms with Gasteiger partial charge in [0.1, 0.15) is 0 Å². The number of carbonyl (C=O) groups excluding carboxylic acids is 1. The first-order valence-electron chi connectivity index (χ1n) is 15.4. The Morgan fingerprint density at radius 3 is 1.62 bits per heavy atom. The fourth-order valence-electron chi connectivity index (χ4n) is 3.79. The Morgan fingerprint density at radius 2 is 1.18 bits per heavy atom. The molecule has 1 unspecified atom stereocenters. The molecule has 1 rings (SSSR count). The predicted molar refractivity (Wildman–Crippen MR) is 166 cm³/mol. The van der Waals surface area contributed by atoms with Crippen molar-refractivity contribution in [3.8, 4) is 0 Å². The molecule has 1 atom stereocenters. The minimum Gasteiger partial charge on any atom is -0.392 e. The molecule has 0 aliphatic rings. The van der Waals surface area contributed by atoms with E-state index in [9.17, 15) is 23.1 Å². The van der Waals surface area contributed by atoms with E-state index in [0.717, 1.165) is 12.1 Å². The normalized spacial score (nSPS) is 12.5. The van der Waals surface area contributed by atoms with Gasteiger partial charge in [-0.25, -0.2) is 0 Å². The Hall–Kier alpha value is -1.53. The SMILES string of the molecule is NCCOCCOCCOCCN(CCOCCOCCOCCN)C(=O)CCCCC(O)CSc1ccc(C(F)(F)F)cc1. The van der Waals surface area contributed by atoms with Crippen LogP contribution in [0.4, 0.5) is 13.2 Å². The number of aliphatic hydroxyl groups is 1. The van der Waals surface area contributed by atoms with Gasteiger partial charge in [0.15, 0.2) is 0 Å². The van der Waals surface area contributed by atoms with Crippen molar-refractivity contribution in [2.45, 2.75) is 42.9 Å². The zero-order valence-corrected chi connectivity index (χ0v) is 27.0. The fourth-order valence-corrected chi connectivity index (χ4v) is 4.67. The van der Waals surface area contributed by atoms with Crippen molar-refractivity contribution in [3.63, 3.8) is 0 Å². The van der Waals surface area contributed by atoms with E-state index < -0.39 is 17.8 Å². The molecule has 15 heteroatoms. The maximum absolute atomic E-state index is 13.0. The Kier molecular flexibility index (Phi) is 25.4. The summed E-state index contributed by atoms with van der Waals surface area (Å²) in [6.45, 7) is 6.93. The summed E-state index contributed by atoms with van der Waals surface area (Å²) in [5.74, 6) is 0.326. The molecule has 0 radical (unpaired) electrons. The zero-order chi connectivity index (χ0) is 33.0.